The Kier molecular flexibility index (Phi) is 3.77. The Morgan fingerprint density at radius 2 is 2.00 bits per heavy atom. The Bertz CT molecular complexity index is 595. The van der Waals surface area contributed by atoms with Crippen LogP contribution in [-0.4, -0.2) is 10.9 Å². The van der Waals surface area contributed by atoms with Gasteiger partial charge in [-0.05, 0) is 47.6 Å². The molecule has 102 valence electrons. The van der Waals surface area contributed by atoms with E-state index in [0.717, 1.165) is 18.4 Å². The minimum absolute atomic E-state index is 0.128. The maximum Gasteiger partial charge on any atom is 0.220 e. The summed E-state index contributed by atoms with van der Waals surface area (Å²) in [5.41, 5.74) is 3.84. The monoisotopic (exact) mass is 266 g/mol. The molecule has 0 saturated heterocycles. The molecular formula is C17H18N2O. The molecule has 1 unspecified atom stereocenters. The van der Waals surface area contributed by atoms with Gasteiger partial charge in [0.05, 0.1) is 0 Å². The van der Waals surface area contributed by atoms with E-state index in [9.17, 15) is 4.79 Å². The predicted molar refractivity (Wildman–Crippen MR) is 78.2 cm³/mol. The van der Waals surface area contributed by atoms with E-state index >= 15 is 0 Å². The molecule has 3 heteroatoms. The summed E-state index contributed by atoms with van der Waals surface area (Å²) in [7, 11) is 0. The third-order valence-corrected chi connectivity index (χ3v) is 3.93. The number of aryl methyl sites for hydroxylation is 1. The second kappa shape index (κ2) is 5.87. The highest BCUT2D eigenvalue weighted by Crippen LogP contribution is 2.34. The first kappa shape index (κ1) is 12.9. The van der Waals surface area contributed by atoms with Gasteiger partial charge in [-0.15, -0.1) is 0 Å². The highest BCUT2D eigenvalue weighted by molar-refractivity contribution is 5.77. The third kappa shape index (κ3) is 2.87. The molecule has 1 heterocycles. The van der Waals surface area contributed by atoms with Crippen LogP contribution in [0, 0.1) is 0 Å². The van der Waals surface area contributed by atoms with Crippen molar-refractivity contribution in [1.29, 1.82) is 0 Å². The summed E-state index contributed by atoms with van der Waals surface area (Å²) in [6.45, 7) is 0.579. The van der Waals surface area contributed by atoms with Gasteiger partial charge in [-0.1, -0.05) is 24.3 Å². The molecule has 0 aliphatic heterocycles. The second-order valence-electron chi connectivity index (χ2n) is 5.27. The van der Waals surface area contributed by atoms with Crippen molar-refractivity contribution < 1.29 is 4.79 Å². The van der Waals surface area contributed by atoms with Gasteiger partial charge >= 0.3 is 0 Å². The molecule has 1 N–H and O–H groups in total. The summed E-state index contributed by atoms with van der Waals surface area (Å²) in [6.07, 6.45) is 6.26. The average molecular weight is 266 g/mol. The summed E-state index contributed by atoms with van der Waals surface area (Å²) < 4.78 is 0. The standard InChI is InChI=1S/C17H18N2O/c20-17(19-12-13-7-9-18-10-8-13)11-15-6-5-14-3-1-2-4-16(14)15/h1-4,7-10,15H,5-6,11-12H2,(H,19,20). The number of nitrogens with zero attached hydrogens (tertiary/aromatic N) is 1. The molecule has 0 bridgehead atoms. The lowest BCUT2D eigenvalue weighted by atomic mass is 9.97. The van der Waals surface area contributed by atoms with Gasteiger partial charge in [-0.3, -0.25) is 9.78 Å². The van der Waals surface area contributed by atoms with Crippen LogP contribution < -0.4 is 5.32 Å². The van der Waals surface area contributed by atoms with Crippen LogP contribution in [0.5, 0.6) is 0 Å². The molecule has 20 heavy (non-hydrogen) atoms. The zero-order chi connectivity index (χ0) is 13.8. The fourth-order valence-electron chi connectivity index (χ4n) is 2.85. The Hall–Kier alpha value is -2.16. The van der Waals surface area contributed by atoms with Gasteiger partial charge in [-0.25, -0.2) is 0 Å². The van der Waals surface area contributed by atoms with E-state index in [1.54, 1.807) is 12.4 Å². The molecule has 3 nitrogen and oxygen atoms in total. The third-order valence-electron chi connectivity index (χ3n) is 3.93. The predicted octanol–water partition coefficient (Wildman–Crippen LogP) is 2.82. The van der Waals surface area contributed by atoms with Crippen LogP contribution in [0.15, 0.2) is 48.8 Å². The van der Waals surface area contributed by atoms with Crippen molar-refractivity contribution in [3.63, 3.8) is 0 Å². The van der Waals surface area contributed by atoms with Crippen molar-refractivity contribution in [2.24, 2.45) is 0 Å². The zero-order valence-electron chi connectivity index (χ0n) is 11.4. The average Bonchev–Trinajstić information content (AvgIpc) is 2.90. The van der Waals surface area contributed by atoms with E-state index < -0.39 is 0 Å². The van der Waals surface area contributed by atoms with E-state index in [1.807, 2.05) is 12.1 Å². The number of nitrogens with one attached hydrogen (secondary N) is 1. The number of rotatable bonds is 4. The number of hydrogen-bond donors (Lipinski definition) is 1. The number of pyridine rings is 1. The van der Waals surface area contributed by atoms with Gasteiger partial charge in [0.15, 0.2) is 0 Å². The van der Waals surface area contributed by atoms with Crippen molar-refractivity contribution in [2.75, 3.05) is 0 Å². The SMILES string of the molecule is O=C(CC1CCc2ccccc21)NCc1ccncc1. The number of carbonyl (C=O) groups excluding carboxylic acids is 1. The van der Waals surface area contributed by atoms with E-state index in [4.69, 9.17) is 0 Å². The summed E-state index contributed by atoms with van der Waals surface area (Å²) in [6, 6.07) is 12.3. The first-order valence-corrected chi connectivity index (χ1v) is 7.06. The lowest BCUT2D eigenvalue weighted by molar-refractivity contribution is -0.121. The molecule has 1 aromatic heterocycles. The van der Waals surface area contributed by atoms with Gasteiger partial charge in [0.25, 0.3) is 0 Å². The smallest absolute Gasteiger partial charge is 0.220 e. The van der Waals surface area contributed by atoms with Crippen LogP contribution in [0.25, 0.3) is 0 Å². The van der Waals surface area contributed by atoms with Gasteiger partial charge in [0.1, 0.15) is 0 Å². The molecule has 1 atom stereocenters. The molecule has 0 fully saturated rings. The first-order chi connectivity index (χ1) is 9.83. The van der Waals surface area contributed by atoms with E-state index in [2.05, 4.69) is 34.6 Å². The topological polar surface area (TPSA) is 42.0 Å². The number of benzene rings is 1. The number of amides is 1. The molecule has 0 spiro atoms. The maximum absolute atomic E-state index is 12.1. The second-order valence-corrected chi connectivity index (χ2v) is 5.27. The number of carbonyl (C=O) groups is 1. The summed E-state index contributed by atoms with van der Waals surface area (Å²) >= 11 is 0. The van der Waals surface area contributed by atoms with Gasteiger partial charge in [0, 0.05) is 25.4 Å². The van der Waals surface area contributed by atoms with Crippen LogP contribution >= 0.6 is 0 Å². The maximum atomic E-state index is 12.1. The van der Waals surface area contributed by atoms with Crippen LogP contribution in [0.3, 0.4) is 0 Å². The Morgan fingerprint density at radius 1 is 1.20 bits per heavy atom. The van der Waals surface area contributed by atoms with Gasteiger partial charge in [0.2, 0.25) is 5.91 Å². The van der Waals surface area contributed by atoms with Crippen LogP contribution in [0.2, 0.25) is 0 Å². The molecule has 0 radical (unpaired) electrons. The van der Waals surface area contributed by atoms with Crippen molar-refractivity contribution in [3.8, 4) is 0 Å². The van der Waals surface area contributed by atoms with Crippen molar-refractivity contribution in [1.82, 2.24) is 10.3 Å². The highest BCUT2D eigenvalue weighted by Gasteiger charge is 2.23. The molecule has 1 aromatic carbocycles. The van der Waals surface area contributed by atoms with Crippen LogP contribution in [-0.2, 0) is 17.8 Å². The fraction of sp³-hybridized carbons (Fsp3) is 0.294. The Morgan fingerprint density at radius 3 is 2.85 bits per heavy atom. The number of aromatic nitrogens is 1. The minimum Gasteiger partial charge on any atom is -0.352 e. The normalized spacial score (nSPS) is 16.7. The largest absolute Gasteiger partial charge is 0.352 e. The van der Waals surface area contributed by atoms with E-state index in [1.165, 1.54) is 11.1 Å². The molecule has 1 amide bonds. The molecule has 1 aliphatic carbocycles. The first-order valence-electron chi connectivity index (χ1n) is 7.06. The molecular weight excluding hydrogens is 248 g/mol. The van der Waals surface area contributed by atoms with Crippen LogP contribution in [0.1, 0.15) is 35.4 Å². The molecule has 1 aliphatic rings. The zero-order valence-corrected chi connectivity index (χ0v) is 11.4. The van der Waals surface area contributed by atoms with Crippen molar-refractivity contribution in [3.05, 3.63) is 65.5 Å². The van der Waals surface area contributed by atoms with E-state index in [0.29, 0.717) is 18.9 Å². The Balaban J connectivity index is 1.55. The van der Waals surface area contributed by atoms with Crippen LogP contribution in [0.4, 0.5) is 0 Å². The molecule has 2 aromatic rings. The summed E-state index contributed by atoms with van der Waals surface area (Å²) in [5.74, 6) is 0.507. The molecule has 3 rings (SSSR count). The lowest BCUT2D eigenvalue weighted by Crippen LogP contribution is -2.24. The quantitative estimate of drug-likeness (QED) is 0.924. The lowest BCUT2D eigenvalue weighted by Gasteiger charge is -2.11. The van der Waals surface area contributed by atoms with Crippen molar-refractivity contribution in [2.45, 2.75) is 31.7 Å². The summed E-state index contributed by atoms with van der Waals surface area (Å²) in [4.78, 5) is 16.0. The van der Waals surface area contributed by atoms with Crippen molar-refractivity contribution >= 4 is 5.91 Å². The van der Waals surface area contributed by atoms with E-state index in [-0.39, 0.29) is 5.91 Å². The van der Waals surface area contributed by atoms with Gasteiger partial charge in [-0.2, -0.15) is 0 Å². The summed E-state index contributed by atoms with van der Waals surface area (Å²) in [5, 5.41) is 2.99. The fourth-order valence-corrected chi connectivity index (χ4v) is 2.85. The number of hydrogen-bond acceptors (Lipinski definition) is 2. The molecule has 0 saturated carbocycles. The van der Waals surface area contributed by atoms with Gasteiger partial charge < -0.3 is 5.32 Å². The number of fused-ring (bicyclic) bond motifs is 1. The minimum atomic E-state index is 0.128. The Labute approximate surface area is 119 Å². The highest BCUT2D eigenvalue weighted by atomic mass is 16.1.